The van der Waals surface area contributed by atoms with Gasteiger partial charge in [0.1, 0.15) is 0 Å². The molecule has 0 N–H and O–H groups in total. The Labute approximate surface area is 124 Å². The van der Waals surface area contributed by atoms with Crippen LogP contribution in [0, 0.1) is 0 Å². The molecule has 1 aromatic heterocycles. The molecule has 1 amide bonds. The number of amides is 1. The van der Waals surface area contributed by atoms with Crippen LogP contribution < -0.4 is 0 Å². The Hall–Kier alpha value is -0.940. The van der Waals surface area contributed by atoms with Crippen molar-refractivity contribution in [1.82, 2.24) is 9.80 Å². The van der Waals surface area contributed by atoms with Gasteiger partial charge in [-0.3, -0.25) is 4.79 Å². The number of hydrogen-bond acceptors (Lipinski definition) is 4. The van der Waals surface area contributed by atoms with Crippen LogP contribution in [0.25, 0.3) is 0 Å². The van der Waals surface area contributed by atoms with Gasteiger partial charge < -0.3 is 14.2 Å². The van der Waals surface area contributed by atoms with Crippen molar-refractivity contribution in [1.29, 1.82) is 0 Å². The van der Waals surface area contributed by atoms with Gasteiger partial charge in [0, 0.05) is 18.8 Å². The van der Waals surface area contributed by atoms with Crippen molar-refractivity contribution in [3.63, 3.8) is 0 Å². The van der Waals surface area contributed by atoms with Crippen LogP contribution in [-0.4, -0.2) is 59.4 Å². The smallest absolute Gasteiger partial charge is 0.289 e. The van der Waals surface area contributed by atoms with Crippen LogP contribution in [0.4, 0.5) is 0 Å². The van der Waals surface area contributed by atoms with Gasteiger partial charge in [-0.05, 0) is 50.2 Å². The number of nitrogens with zero attached hydrogens (tertiary/aromatic N) is 2. The van der Waals surface area contributed by atoms with Crippen molar-refractivity contribution in [3.8, 4) is 0 Å². The van der Waals surface area contributed by atoms with E-state index in [-0.39, 0.29) is 5.91 Å². The number of carbonyl (C=O) groups excluding carboxylic acids is 1. The van der Waals surface area contributed by atoms with Gasteiger partial charge >= 0.3 is 0 Å². The third-order valence-corrected chi connectivity index (χ3v) is 5.30. The molecule has 2 aliphatic rings. The highest BCUT2D eigenvalue weighted by atomic mass is 32.2. The number of likely N-dealkylation sites (tertiary alicyclic amines) is 1. The van der Waals surface area contributed by atoms with E-state index in [1.807, 2.05) is 16.7 Å². The first-order valence-corrected chi connectivity index (χ1v) is 8.64. The van der Waals surface area contributed by atoms with Crippen molar-refractivity contribution in [2.75, 3.05) is 37.7 Å². The van der Waals surface area contributed by atoms with Crippen LogP contribution in [0.2, 0.25) is 0 Å². The van der Waals surface area contributed by atoms with Gasteiger partial charge in [-0.2, -0.15) is 11.8 Å². The van der Waals surface area contributed by atoms with Gasteiger partial charge in [-0.25, -0.2) is 0 Å². The summed E-state index contributed by atoms with van der Waals surface area (Å²) in [5.41, 5.74) is 0. The van der Waals surface area contributed by atoms with E-state index in [1.165, 1.54) is 25.9 Å². The van der Waals surface area contributed by atoms with Crippen molar-refractivity contribution in [2.24, 2.45) is 0 Å². The molecule has 0 saturated carbocycles. The summed E-state index contributed by atoms with van der Waals surface area (Å²) in [6.45, 7) is 4.23. The number of thioether (sulfide) groups is 1. The molecular formula is C15H22N2O2S. The zero-order valence-electron chi connectivity index (χ0n) is 11.8. The van der Waals surface area contributed by atoms with Crippen molar-refractivity contribution >= 4 is 17.7 Å². The third-order valence-electron chi connectivity index (χ3n) is 4.10. The van der Waals surface area contributed by atoms with E-state index in [0.29, 0.717) is 11.8 Å². The molecule has 2 saturated heterocycles. The van der Waals surface area contributed by atoms with Crippen LogP contribution in [0.15, 0.2) is 22.8 Å². The Morgan fingerprint density at radius 3 is 2.90 bits per heavy atom. The van der Waals surface area contributed by atoms with Gasteiger partial charge in [0.25, 0.3) is 5.91 Å². The average molecular weight is 294 g/mol. The molecule has 2 fully saturated rings. The second-order valence-corrected chi connectivity index (χ2v) is 6.72. The van der Waals surface area contributed by atoms with E-state index in [2.05, 4.69) is 4.90 Å². The lowest BCUT2D eigenvalue weighted by Crippen LogP contribution is -2.47. The first-order valence-electron chi connectivity index (χ1n) is 7.49. The van der Waals surface area contributed by atoms with Gasteiger partial charge in [-0.15, -0.1) is 0 Å². The normalized spacial score (nSPS) is 24.8. The minimum atomic E-state index is 0.0571. The van der Waals surface area contributed by atoms with Gasteiger partial charge in [-0.1, -0.05) is 0 Å². The highest BCUT2D eigenvalue weighted by Crippen LogP contribution is 2.21. The molecule has 3 heterocycles. The second-order valence-electron chi connectivity index (χ2n) is 5.57. The topological polar surface area (TPSA) is 36.7 Å². The maximum Gasteiger partial charge on any atom is 0.289 e. The molecule has 0 bridgehead atoms. The van der Waals surface area contributed by atoms with Gasteiger partial charge in [0.15, 0.2) is 5.76 Å². The van der Waals surface area contributed by atoms with Crippen molar-refractivity contribution in [2.45, 2.75) is 25.3 Å². The lowest BCUT2D eigenvalue weighted by molar-refractivity contribution is 0.0634. The molecule has 4 nitrogen and oxygen atoms in total. The Balaban J connectivity index is 1.71. The fourth-order valence-corrected chi connectivity index (χ4v) is 4.11. The molecule has 1 aromatic rings. The van der Waals surface area contributed by atoms with Crippen LogP contribution >= 0.6 is 11.8 Å². The van der Waals surface area contributed by atoms with E-state index in [9.17, 15) is 4.79 Å². The van der Waals surface area contributed by atoms with Gasteiger partial charge in [0.05, 0.1) is 12.3 Å². The fraction of sp³-hybridized carbons (Fsp3) is 0.667. The van der Waals surface area contributed by atoms with Crippen LogP contribution in [0.5, 0.6) is 0 Å². The first kappa shape index (κ1) is 14.0. The first-order chi connectivity index (χ1) is 9.84. The summed E-state index contributed by atoms with van der Waals surface area (Å²) in [6.07, 6.45) is 5.25. The zero-order chi connectivity index (χ0) is 13.8. The summed E-state index contributed by atoms with van der Waals surface area (Å²) in [5, 5.41) is 0. The van der Waals surface area contributed by atoms with E-state index >= 15 is 0 Å². The summed E-state index contributed by atoms with van der Waals surface area (Å²) < 4.78 is 5.30. The summed E-state index contributed by atoms with van der Waals surface area (Å²) in [7, 11) is 0. The van der Waals surface area contributed by atoms with Crippen LogP contribution in [0.1, 0.15) is 29.8 Å². The van der Waals surface area contributed by atoms with Crippen LogP contribution in [-0.2, 0) is 0 Å². The Morgan fingerprint density at radius 2 is 2.15 bits per heavy atom. The highest BCUT2D eigenvalue weighted by Gasteiger charge is 2.29. The quantitative estimate of drug-likeness (QED) is 0.857. The maximum atomic E-state index is 12.6. The highest BCUT2D eigenvalue weighted by molar-refractivity contribution is 7.99. The molecule has 0 unspecified atom stereocenters. The molecule has 0 spiro atoms. The third kappa shape index (κ3) is 3.20. The lowest BCUT2D eigenvalue weighted by atomic mass is 10.2. The molecule has 20 heavy (non-hydrogen) atoms. The molecule has 1 atom stereocenters. The number of hydrogen-bond donors (Lipinski definition) is 0. The molecule has 0 aromatic carbocycles. The Bertz CT molecular complexity index is 429. The molecule has 110 valence electrons. The maximum absolute atomic E-state index is 12.6. The molecule has 0 aliphatic carbocycles. The van der Waals surface area contributed by atoms with E-state index in [1.54, 1.807) is 18.4 Å². The van der Waals surface area contributed by atoms with E-state index in [4.69, 9.17) is 4.42 Å². The van der Waals surface area contributed by atoms with Crippen LogP contribution in [0.3, 0.4) is 0 Å². The average Bonchev–Trinajstić information content (AvgIpc) is 3.10. The fourth-order valence-electron chi connectivity index (χ4n) is 3.05. The Kier molecular flexibility index (Phi) is 4.68. The number of furan rings is 1. The Morgan fingerprint density at radius 1 is 1.30 bits per heavy atom. The number of rotatable bonds is 3. The molecule has 3 rings (SSSR count). The predicted molar refractivity (Wildman–Crippen MR) is 81.1 cm³/mol. The zero-order valence-corrected chi connectivity index (χ0v) is 12.6. The standard InChI is InChI=1S/C15H22N2O2S/c18-15(14-5-3-9-19-14)17-8-4-10-20-12-13(17)11-16-6-1-2-7-16/h3,5,9,13H,1-2,4,6-8,10-12H2/t13-/m1/s1. The van der Waals surface area contributed by atoms with E-state index < -0.39 is 0 Å². The second kappa shape index (κ2) is 6.68. The monoisotopic (exact) mass is 294 g/mol. The summed E-state index contributed by atoms with van der Waals surface area (Å²) in [6, 6.07) is 3.88. The SMILES string of the molecule is O=C(c1ccco1)N1CCCSC[C@H]1CN1CCCC1. The molecule has 5 heteroatoms. The van der Waals surface area contributed by atoms with Crippen molar-refractivity contribution < 1.29 is 9.21 Å². The van der Waals surface area contributed by atoms with Gasteiger partial charge in [0.2, 0.25) is 0 Å². The minimum Gasteiger partial charge on any atom is -0.459 e. The molecule has 0 radical (unpaired) electrons. The molecule has 2 aliphatic heterocycles. The summed E-state index contributed by atoms with van der Waals surface area (Å²) in [4.78, 5) is 17.1. The largest absolute Gasteiger partial charge is 0.459 e. The summed E-state index contributed by atoms with van der Waals surface area (Å²) >= 11 is 1.97. The predicted octanol–water partition coefficient (Wildman–Crippen LogP) is 2.32. The minimum absolute atomic E-state index is 0.0571. The van der Waals surface area contributed by atoms with Crippen molar-refractivity contribution in [3.05, 3.63) is 24.2 Å². The molecular weight excluding hydrogens is 272 g/mol. The number of carbonyl (C=O) groups is 1. The lowest BCUT2D eigenvalue weighted by Gasteiger charge is -2.32. The van der Waals surface area contributed by atoms with E-state index in [0.717, 1.165) is 31.0 Å². The summed E-state index contributed by atoms with van der Waals surface area (Å²) in [5.74, 6) is 2.73.